The Hall–Kier alpha value is -2.78. The van der Waals surface area contributed by atoms with Crippen LogP contribution in [0.2, 0.25) is 0 Å². The van der Waals surface area contributed by atoms with Crippen molar-refractivity contribution in [3.63, 3.8) is 0 Å². The standard InChI is InChI=1S/C20H16O3/c21-20(14-22-18-8-4-5-9-19(18)23-20)17-12-10-16(11-13-17)15-6-2-1-3-7-15/h1-13,21H,14H2/t20-/m1/s1. The highest BCUT2D eigenvalue weighted by molar-refractivity contribution is 5.63. The Balaban J connectivity index is 1.64. The molecule has 0 fully saturated rings. The molecule has 0 aliphatic carbocycles. The van der Waals surface area contributed by atoms with Gasteiger partial charge in [-0.2, -0.15) is 0 Å². The molecule has 1 atom stereocenters. The minimum absolute atomic E-state index is 0.0642. The number of fused-ring (bicyclic) bond motifs is 1. The van der Waals surface area contributed by atoms with Gasteiger partial charge in [0.2, 0.25) is 0 Å². The number of ether oxygens (including phenoxy) is 2. The molecule has 0 amide bonds. The lowest BCUT2D eigenvalue weighted by atomic mass is 10.00. The van der Waals surface area contributed by atoms with E-state index in [0.29, 0.717) is 17.1 Å². The third-order valence-corrected chi connectivity index (χ3v) is 3.99. The molecule has 1 N–H and O–H groups in total. The summed E-state index contributed by atoms with van der Waals surface area (Å²) in [5, 5.41) is 10.8. The summed E-state index contributed by atoms with van der Waals surface area (Å²) >= 11 is 0. The van der Waals surface area contributed by atoms with Crippen LogP contribution in [0.4, 0.5) is 0 Å². The SMILES string of the molecule is O[C@]1(c2ccc(-c3ccccc3)cc2)COc2ccccc2O1. The maximum absolute atomic E-state index is 10.8. The van der Waals surface area contributed by atoms with Crippen LogP contribution in [-0.4, -0.2) is 11.7 Å². The van der Waals surface area contributed by atoms with E-state index in [0.717, 1.165) is 11.1 Å². The zero-order chi connectivity index (χ0) is 15.7. The summed E-state index contributed by atoms with van der Waals surface area (Å²) in [5.41, 5.74) is 2.90. The molecular formula is C20H16O3. The van der Waals surface area contributed by atoms with E-state index >= 15 is 0 Å². The van der Waals surface area contributed by atoms with Crippen LogP contribution in [0.3, 0.4) is 0 Å². The fourth-order valence-corrected chi connectivity index (χ4v) is 2.74. The summed E-state index contributed by atoms with van der Waals surface area (Å²) in [6.07, 6.45) is 0. The first-order valence-electron chi connectivity index (χ1n) is 7.54. The Morgan fingerprint density at radius 3 is 2.04 bits per heavy atom. The second-order valence-electron chi connectivity index (χ2n) is 5.57. The Morgan fingerprint density at radius 2 is 1.30 bits per heavy atom. The monoisotopic (exact) mass is 304 g/mol. The van der Waals surface area contributed by atoms with Gasteiger partial charge in [0.1, 0.15) is 0 Å². The molecule has 3 aromatic rings. The number of para-hydroxylation sites is 2. The first-order chi connectivity index (χ1) is 11.2. The van der Waals surface area contributed by atoms with Crippen LogP contribution in [0.5, 0.6) is 11.5 Å². The van der Waals surface area contributed by atoms with Crippen LogP contribution in [0.25, 0.3) is 11.1 Å². The molecule has 3 nitrogen and oxygen atoms in total. The van der Waals surface area contributed by atoms with Gasteiger partial charge in [-0.05, 0) is 23.3 Å². The van der Waals surface area contributed by atoms with Gasteiger partial charge in [0.15, 0.2) is 18.1 Å². The predicted molar refractivity (Wildman–Crippen MR) is 88.3 cm³/mol. The molecule has 0 saturated carbocycles. The average molecular weight is 304 g/mol. The number of hydrogen-bond donors (Lipinski definition) is 1. The van der Waals surface area contributed by atoms with Crippen molar-refractivity contribution in [1.82, 2.24) is 0 Å². The van der Waals surface area contributed by atoms with Crippen LogP contribution in [0.1, 0.15) is 5.56 Å². The third kappa shape index (κ3) is 2.56. The van der Waals surface area contributed by atoms with Crippen molar-refractivity contribution in [3.05, 3.63) is 84.4 Å². The zero-order valence-electron chi connectivity index (χ0n) is 12.5. The van der Waals surface area contributed by atoms with E-state index in [2.05, 4.69) is 12.1 Å². The van der Waals surface area contributed by atoms with Crippen molar-refractivity contribution in [2.45, 2.75) is 5.79 Å². The minimum atomic E-state index is -1.47. The Bertz CT molecular complexity index is 812. The van der Waals surface area contributed by atoms with Crippen molar-refractivity contribution < 1.29 is 14.6 Å². The lowest BCUT2D eigenvalue weighted by Crippen LogP contribution is -2.41. The van der Waals surface area contributed by atoms with E-state index in [1.165, 1.54) is 0 Å². The van der Waals surface area contributed by atoms with Crippen LogP contribution in [0.15, 0.2) is 78.9 Å². The lowest BCUT2D eigenvalue weighted by molar-refractivity contribution is -0.182. The summed E-state index contributed by atoms with van der Waals surface area (Å²) in [4.78, 5) is 0. The van der Waals surface area contributed by atoms with Crippen molar-refractivity contribution in [2.75, 3.05) is 6.61 Å². The molecule has 3 aromatic carbocycles. The van der Waals surface area contributed by atoms with Gasteiger partial charge in [0.05, 0.1) is 0 Å². The maximum Gasteiger partial charge on any atom is 0.269 e. The highest BCUT2D eigenvalue weighted by Gasteiger charge is 2.37. The number of rotatable bonds is 2. The fourth-order valence-electron chi connectivity index (χ4n) is 2.74. The second-order valence-corrected chi connectivity index (χ2v) is 5.57. The van der Waals surface area contributed by atoms with Crippen molar-refractivity contribution in [2.24, 2.45) is 0 Å². The molecule has 3 heteroatoms. The minimum Gasteiger partial charge on any atom is -0.482 e. The number of benzene rings is 3. The highest BCUT2D eigenvalue weighted by Crippen LogP contribution is 2.38. The van der Waals surface area contributed by atoms with Gasteiger partial charge in [-0.1, -0.05) is 66.7 Å². The molecule has 1 aliphatic rings. The Morgan fingerprint density at radius 1 is 0.696 bits per heavy atom. The van der Waals surface area contributed by atoms with Crippen LogP contribution >= 0.6 is 0 Å². The molecule has 23 heavy (non-hydrogen) atoms. The van der Waals surface area contributed by atoms with Crippen molar-refractivity contribution in [3.8, 4) is 22.6 Å². The van der Waals surface area contributed by atoms with Gasteiger partial charge in [0.25, 0.3) is 5.79 Å². The lowest BCUT2D eigenvalue weighted by Gasteiger charge is -2.34. The summed E-state index contributed by atoms with van der Waals surface area (Å²) in [7, 11) is 0. The van der Waals surface area contributed by atoms with Gasteiger partial charge >= 0.3 is 0 Å². The van der Waals surface area contributed by atoms with Gasteiger partial charge in [-0.25, -0.2) is 0 Å². The molecule has 4 rings (SSSR count). The Labute approximate surface area is 134 Å². The van der Waals surface area contributed by atoms with Crippen LogP contribution in [0, 0.1) is 0 Å². The summed E-state index contributed by atoms with van der Waals surface area (Å²) in [6.45, 7) is 0.0642. The summed E-state index contributed by atoms with van der Waals surface area (Å²) < 4.78 is 11.4. The number of aliphatic hydroxyl groups is 1. The number of hydrogen-bond acceptors (Lipinski definition) is 3. The molecule has 1 aliphatic heterocycles. The van der Waals surface area contributed by atoms with Crippen molar-refractivity contribution >= 4 is 0 Å². The quantitative estimate of drug-likeness (QED) is 0.778. The van der Waals surface area contributed by atoms with E-state index in [4.69, 9.17) is 9.47 Å². The smallest absolute Gasteiger partial charge is 0.269 e. The molecule has 114 valence electrons. The van der Waals surface area contributed by atoms with E-state index in [-0.39, 0.29) is 6.61 Å². The predicted octanol–water partition coefficient (Wildman–Crippen LogP) is 3.97. The molecule has 1 heterocycles. The van der Waals surface area contributed by atoms with E-state index < -0.39 is 5.79 Å². The largest absolute Gasteiger partial charge is 0.482 e. The fraction of sp³-hybridized carbons (Fsp3) is 0.100. The molecule has 0 unspecified atom stereocenters. The maximum atomic E-state index is 10.8. The third-order valence-electron chi connectivity index (χ3n) is 3.99. The van der Waals surface area contributed by atoms with E-state index in [1.807, 2.05) is 60.7 Å². The topological polar surface area (TPSA) is 38.7 Å². The first kappa shape index (κ1) is 13.9. The molecule has 0 radical (unpaired) electrons. The molecule has 0 aromatic heterocycles. The highest BCUT2D eigenvalue weighted by atomic mass is 16.7. The van der Waals surface area contributed by atoms with Crippen LogP contribution < -0.4 is 9.47 Å². The van der Waals surface area contributed by atoms with Gasteiger partial charge < -0.3 is 14.6 Å². The van der Waals surface area contributed by atoms with Gasteiger partial charge in [0, 0.05) is 5.56 Å². The molecule has 0 spiro atoms. The molecule has 0 bridgehead atoms. The van der Waals surface area contributed by atoms with Gasteiger partial charge in [-0.3, -0.25) is 0 Å². The van der Waals surface area contributed by atoms with Crippen LogP contribution in [-0.2, 0) is 5.79 Å². The van der Waals surface area contributed by atoms with E-state index in [1.54, 1.807) is 6.07 Å². The molecule has 0 saturated heterocycles. The van der Waals surface area contributed by atoms with Crippen molar-refractivity contribution in [1.29, 1.82) is 0 Å². The zero-order valence-corrected chi connectivity index (χ0v) is 12.5. The summed E-state index contributed by atoms with van der Waals surface area (Å²) in [6, 6.07) is 25.2. The van der Waals surface area contributed by atoms with Gasteiger partial charge in [-0.15, -0.1) is 0 Å². The normalized spacial score (nSPS) is 19.3. The second kappa shape index (κ2) is 5.45. The first-order valence-corrected chi connectivity index (χ1v) is 7.54. The molecular weight excluding hydrogens is 288 g/mol. The summed E-state index contributed by atoms with van der Waals surface area (Å²) in [5.74, 6) is -0.268. The average Bonchev–Trinajstić information content (AvgIpc) is 2.62. The Kier molecular flexibility index (Phi) is 3.28. The van der Waals surface area contributed by atoms with E-state index in [9.17, 15) is 5.11 Å².